The van der Waals surface area contributed by atoms with Crippen LogP contribution in [0, 0.1) is 5.41 Å². The van der Waals surface area contributed by atoms with Crippen molar-refractivity contribution in [3.8, 4) is 0 Å². The monoisotopic (exact) mass is 214 g/mol. The van der Waals surface area contributed by atoms with Crippen LogP contribution in [0.2, 0.25) is 0 Å². The van der Waals surface area contributed by atoms with Gasteiger partial charge < -0.3 is 14.9 Å². The Kier molecular flexibility index (Phi) is 2.73. The summed E-state index contributed by atoms with van der Waals surface area (Å²) in [6, 6.07) is 0. The summed E-state index contributed by atoms with van der Waals surface area (Å²) in [5, 5.41) is 18.5. The maximum absolute atomic E-state index is 10.3. The predicted molar refractivity (Wildman–Crippen MR) is 53.5 cm³/mol. The first-order chi connectivity index (χ1) is 7.04. The van der Waals surface area contributed by atoms with E-state index in [1.54, 1.807) is 0 Å². The normalized spacial score (nSPS) is 39.3. The molecule has 2 N–H and O–H groups in total. The van der Waals surface area contributed by atoms with Crippen LogP contribution in [-0.4, -0.2) is 35.0 Å². The Balaban J connectivity index is 1.84. The van der Waals surface area contributed by atoms with Gasteiger partial charge in [-0.2, -0.15) is 0 Å². The zero-order valence-corrected chi connectivity index (χ0v) is 8.87. The third kappa shape index (κ3) is 2.32. The number of hydrogen-bond donors (Lipinski definition) is 2. The van der Waals surface area contributed by atoms with Gasteiger partial charge in [-0.3, -0.25) is 0 Å². The molecule has 4 heteroatoms. The van der Waals surface area contributed by atoms with E-state index in [1.807, 2.05) is 0 Å². The minimum Gasteiger partial charge on any atom is -0.480 e. The molecule has 0 atom stereocenters. The molecule has 15 heavy (non-hydrogen) atoms. The first kappa shape index (κ1) is 10.9. The van der Waals surface area contributed by atoms with Gasteiger partial charge in [-0.25, -0.2) is 4.79 Å². The number of fused-ring (bicyclic) bond motifs is 3. The molecule has 0 saturated heterocycles. The Morgan fingerprint density at radius 3 is 2.13 bits per heavy atom. The lowest BCUT2D eigenvalue weighted by Gasteiger charge is -2.50. The van der Waals surface area contributed by atoms with Crippen LogP contribution in [0.15, 0.2) is 0 Å². The van der Waals surface area contributed by atoms with Gasteiger partial charge in [-0.1, -0.05) is 0 Å². The van der Waals surface area contributed by atoms with Gasteiger partial charge in [0.25, 0.3) is 0 Å². The fourth-order valence-electron chi connectivity index (χ4n) is 2.81. The Morgan fingerprint density at radius 2 is 1.67 bits per heavy atom. The number of aliphatic hydroxyl groups is 1. The van der Waals surface area contributed by atoms with E-state index < -0.39 is 11.6 Å². The van der Waals surface area contributed by atoms with Gasteiger partial charge in [0.1, 0.15) is 6.61 Å². The number of rotatable bonds is 4. The van der Waals surface area contributed by atoms with Crippen molar-refractivity contribution in [2.45, 2.75) is 44.1 Å². The molecule has 4 nitrogen and oxygen atoms in total. The number of hydrogen-bond acceptors (Lipinski definition) is 3. The van der Waals surface area contributed by atoms with Crippen molar-refractivity contribution in [1.29, 1.82) is 0 Å². The molecule has 0 heterocycles. The van der Waals surface area contributed by atoms with Crippen LogP contribution in [0.25, 0.3) is 0 Å². The predicted octanol–water partition coefficient (Wildman–Crippen LogP) is 1.17. The Morgan fingerprint density at radius 1 is 1.13 bits per heavy atom. The lowest BCUT2D eigenvalue weighted by atomic mass is 9.59. The molecule has 0 radical (unpaired) electrons. The Labute approximate surface area is 89.2 Å². The number of carboxylic acids is 1. The summed E-state index contributed by atoms with van der Waals surface area (Å²) in [5.74, 6) is -0.908. The standard InChI is InChI=1S/C11H18O4/c12-9(13)7-15-8-10-1-4-11(14,5-2-10)6-3-10/h14H,1-8H2,(H,12,13). The smallest absolute Gasteiger partial charge is 0.329 e. The van der Waals surface area contributed by atoms with Gasteiger partial charge >= 0.3 is 5.97 Å². The quantitative estimate of drug-likeness (QED) is 0.737. The lowest BCUT2D eigenvalue weighted by Crippen LogP contribution is -2.47. The molecule has 3 saturated carbocycles. The van der Waals surface area contributed by atoms with E-state index in [0.717, 1.165) is 38.5 Å². The van der Waals surface area contributed by atoms with E-state index in [2.05, 4.69) is 0 Å². The maximum atomic E-state index is 10.3. The van der Waals surface area contributed by atoms with Crippen molar-refractivity contribution in [3.05, 3.63) is 0 Å². The fourth-order valence-corrected chi connectivity index (χ4v) is 2.81. The van der Waals surface area contributed by atoms with Gasteiger partial charge in [0.2, 0.25) is 0 Å². The van der Waals surface area contributed by atoms with E-state index in [4.69, 9.17) is 9.84 Å². The van der Waals surface area contributed by atoms with Crippen molar-refractivity contribution in [1.82, 2.24) is 0 Å². The summed E-state index contributed by atoms with van der Waals surface area (Å²) in [5.41, 5.74) is -0.269. The van der Waals surface area contributed by atoms with Crippen molar-refractivity contribution in [2.75, 3.05) is 13.2 Å². The minimum atomic E-state index is -0.908. The van der Waals surface area contributed by atoms with Crippen LogP contribution in [0.5, 0.6) is 0 Å². The highest BCUT2D eigenvalue weighted by molar-refractivity contribution is 5.67. The molecule has 3 rings (SSSR count). The van der Waals surface area contributed by atoms with Crippen LogP contribution >= 0.6 is 0 Å². The second-order valence-corrected chi connectivity index (χ2v) is 5.11. The highest BCUT2D eigenvalue weighted by atomic mass is 16.5. The summed E-state index contributed by atoms with van der Waals surface area (Å²) in [6.07, 6.45) is 5.48. The van der Waals surface area contributed by atoms with Gasteiger partial charge in [-0.15, -0.1) is 0 Å². The molecule has 0 unspecified atom stereocenters. The number of aliphatic carboxylic acids is 1. The molecule has 0 spiro atoms. The number of carbonyl (C=O) groups is 1. The lowest BCUT2D eigenvalue weighted by molar-refractivity contribution is -0.148. The Bertz CT molecular complexity index is 237. The zero-order valence-electron chi connectivity index (χ0n) is 8.87. The zero-order chi connectivity index (χ0) is 10.9. The van der Waals surface area contributed by atoms with Crippen LogP contribution in [-0.2, 0) is 9.53 Å². The molecule has 0 aromatic carbocycles. The average molecular weight is 214 g/mol. The van der Waals surface area contributed by atoms with Crippen molar-refractivity contribution in [3.63, 3.8) is 0 Å². The van der Waals surface area contributed by atoms with E-state index in [9.17, 15) is 9.90 Å². The van der Waals surface area contributed by atoms with Gasteiger partial charge in [0, 0.05) is 0 Å². The molecule has 2 bridgehead atoms. The van der Waals surface area contributed by atoms with Crippen molar-refractivity contribution < 1.29 is 19.7 Å². The molecular formula is C11H18O4. The second kappa shape index (κ2) is 3.76. The van der Waals surface area contributed by atoms with Crippen LogP contribution in [0.1, 0.15) is 38.5 Å². The highest BCUT2D eigenvalue weighted by Gasteiger charge is 2.47. The van der Waals surface area contributed by atoms with Gasteiger partial charge in [-0.05, 0) is 43.9 Å². The summed E-state index contributed by atoms with van der Waals surface area (Å²) in [6.45, 7) is 0.335. The molecule has 86 valence electrons. The van der Waals surface area contributed by atoms with Gasteiger partial charge in [0.05, 0.1) is 12.2 Å². The summed E-state index contributed by atoms with van der Waals surface area (Å²) < 4.78 is 5.21. The molecule has 3 aliphatic rings. The van der Waals surface area contributed by atoms with E-state index >= 15 is 0 Å². The molecule has 3 fully saturated rings. The third-order valence-electron chi connectivity index (χ3n) is 4.00. The largest absolute Gasteiger partial charge is 0.480 e. The summed E-state index contributed by atoms with van der Waals surface area (Å²) in [4.78, 5) is 10.3. The molecule has 3 aliphatic carbocycles. The summed E-state index contributed by atoms with van der Waals surface area (Å²) in [7, 11) is 0. The van der Waals surface area contributed by atoms with Crippen LogP contribution < -0.4 is 0 Å². The van der Waals surface area contributed by atoms with Crippen molar-refractivity contribution >= 4 is 5.97 Å². The van der Waals surface area contributed by atoms with Crippen LogP contribution in [0.3, 0.4) is 0 Å². The van der Waals surface area contributed by atoms with Crippen molar-refractivity contribution in [2.24, 2.45) is 5.41 Å². The molecule has 0 aliphatic heterocycles. The second-order valence-electron chi connectivity index (χ2n) is 5.11. The van der Waals surface area contributed by atoms with Crippen LogP contribution in [0.4, 0.5) is 0 Å². The number of carboxylic acid groups (broad SMARTS) is 1. The Hall–Kier alpha value is -0.610. The number of ether oxygens (including phenoxy) is 1. The average Bonchev–Trinajstić information content (AvgIpc) is 2.20. The highest BCUT2D eigenvalue weighted by Crippen LogP contribution is 2.52. The van der Waals surface area contributed by atoms with E-state index in [1.165, 1.54) is 0 Å². The minimum absolute atomic E-state index is 0.153. The molecule has 0 aromatic rings. The first-order valence-corrected chi connectivity index (χ1v) is 5.56. The molecule has 0 amide bonds. The van der Waals surface area contributed by atoms with E-state index in [-0.39, 0.29) is 12.0 Å². The summed E-state index contributed by atoms with van der Waals surface area (Å²) >= 11 is 0. The molecule has 0 aromatic heterocycles. The fraction of sp³-hybridized carbons (Fsp3) is 0.909. The third-order valence-corrected chi connectivity index (χ3v) is 4.00. The van der Waals surface area contributed by atoms with Gasteiger partial charge in [0.15, 0.2) is 0 Å². The molecular weight excluding hydrogens is 196 g/mol. The first-order valence-electron chi connectivity index (χ1n) is 5.56. The topological polar surface area (TPSA) is 66.8 Å². The maximum Gasteiger partial charge on any atom is 0.329 e. The van der Waals surface area contributed by atoms with E-state index in [0.29, 0.717) is 6.61 Å². The SMILES string of the molecule is O=C(O)COCC12CCC(O)(CC1)CC2.